The van der Waals surface area contributed by atoms with Gasteiger partial charge in [-0.1, -0.05) is 13.0 Å². The number of rotatable bonds is 5. The molecule has 1 unspecified atom stereocenters. The van der Waals surface area contributed by atoms with Gasteiger partial charge in [-0.05, 0) is 49.4 Å². The first-order chi connectivity index (χ1) is 9.43. The number of aryl methyl sites for hydroxylation is 2. The summed E-state index contributed by atoms with van der Waals surface area (Å²) in [6.45, 7) is 9.97. The first-order valence-corrected chi connectivity index (χ1v) is 7.39. The van der Waals surface area contributed by atoms with E-state index in [1.54, 1.807) is 0 Å². The molecule has 0 saturated carbocycles. The van der Waals surface area contributed by atoms with Crippen molar-refractivity contribution in [3.05, 3.63) is 41.3 Å². The Balaban J connectivity index is 0.00000220. The van der Waals surface area contributed by atoms with Crippen LogP contribution in [0.3, 0.4) is 0 Å². The Kier molecular flexibility index (Phi) is 6.49. The molecule has 2 rings (SSSR count). The summed E-state index contributed by atoms with van der Waals surface area (Å²) in [5.74, 6) is 0.420. The van der Waals surface area contributed by atoms with E-state index in [9.17, 15) is 9.59 Å². The monoisotopic (exact) mass is 360 g/mol. The number of ketones is 2. The van der Waals surface area contributed by atoms with Crippen molar-refractivity contribution in [1.29, 1.82) is 0 Å². The molecule has 1 aliphatic rings. The SMILES string of the molecule is [CH2-]CC1(CCC(=O)CC)Cc2cc(C)c(C)cc2C1=O.[Y]. The maximum Gasteiger partial charge on any atom is 0.167 e. The Bertz CT molecular complexity index is 563. The van der Waals surface area contributed by atoms with Crippen LogP contribution in [0.15, 0.2) is 12.1 Å². The molecule has 0 bridgehead atoms. The average molecular weight is 360 g/mol. The number of benzene rings is 1. The molecule has 21 heavy (non-hydrogen) atoms. The smallest absolute Gasteiger partial charge is 0.167 e. The molecule has 1 radical (unpaired) electrons. The fourth-order valence-electron chi connectivity index (χ4n) is 3.05. The van der Waals surface area contributed by atoms with Crippen LogP contribution < -0.4 is 0 Å². The Morgan fingerprint density at radius 2 is 1.90 bits per heavy atom. The Labute approximate surface area is 153 Å². The summed E-state index contributed by atoms with van der Waals surface area (Å²) in [4.78, 5) is 24.3. The molecule has 0 aliphatic heterocycles. The van der Waals surface area contributed by atoms with Crippen molar-refractivity contribution < 1.29 is 42.3 Å². The van der Waals surface area contributed by atoms with Gasteiger partial charge in [0, 0.05) is 56.5 Å². The van der Waals surface area contributed by atoms with Crippen LogP contribution in [0.2, 0.25) is 0 Å². The minimum atomic E-state index is -0.451. The van der Waals surface area contributed by atoms with Crippen molar-refractivity contribution in [2.24, 2.45) is 5.41 Å². The van der Waals surface area contributed by atoms with E-state index in [2.05, 4.69) is 19.9 Å². The van der Waals surface area contributed by atoms with E-state index in [1.165, 1.54) is 5.56 Å². The van der Waals surface area contributed by atoms with Crippen LogP contribution in [0.5, 0.6) is 0 Å². The molecule has 1 aromatic carbocycles. The standard InChI is InChI=1S/C18H23O2.Y/c1-5-15(19)7-8-18(6-2)11-14-9-12(3)13(4)10-16(14)17(18)20;/h9-10H,2,5-8,11H2,1,3-4H3;/q-1;. The van der Waals surface area contributed by atoms with Crippen molar-refractivity contribution in [2.75, 3.05) is 0 Å². The third kappa shape index (κ3) is 3.53. The molecule has 111 valence electrons. The van der Waals surface area contributed by atoms with E-state index in [1.807, 2.05) is 19.9 Å². The Morgan fingerprint density at radius 1 is 1.29 bits per heavy atom. The molecule has 0 heterocycles. The number of Topliss-reactive ketones (excluding diaryl/α,β-unsaturated/α-hetero) is 2. The quantitative estimate of drug-likeness (QED) is 0.744. The van der Waals surface area contributed by atoms with E-state index in [4.69, 9.17) is 0 Å². The second-order valence-corrected chi connectivity index (χ2v) is 6.02. The maximum atomic E-state index is 12.8. The molecule has 0 saturated heterocycles. The number of carbonyl (C=O) groups is 2. The Morgan fingerprint density at radius 3 is 2.48 bits per heavy atom. The predicted octanol–water partition coefficient (Wildman–Crippen LogP) is 4.01. The summed E-state index contributed by atoms with van der Waals surface area (Å²) in [5.41, 5.74) is 3.90. The summed E-state index contributed by atoms with van der Waals surface area (Å²) in [6.07, 6.45) is 2.98. The van der Waals surface area contributed by atoms with E-state index < -0.39 is 5.41 Å². The summed E-state index contributed by atoms with van der Waals surface area (Å²) in [5, 5.41) is 0. The van der Waals surface area contributed by atoms with Gasteiger partial charge in [-0.3, -0.25) is 9.59 Å². The van der Waals surface area contributed by atoms with E-state index >= 15 is 0 Å². The second-order valence-electron chi connectivity index (χ2n) is 6.02. The Hall–Kier alpha value is -0.336. The predicted molar refractivity (Wildman–Crippen MR) is 80.9 cm³/mol. The van der Waals surface area contributed by atoms with Crippen molar-refractivity contribution in [2.45, 2.75) is 52.9 Å². The number of carbonyl (C=O) groups excluding carboxylic acids is 2. The third-order valence-corrected chi connectivity index (χ3v) is 4.73. The van der Waals surface area contributed by atoms with Crippen LogP contribution in [0.4, 0.5) is 0 Å². The first kappa shape index (κ1) is 18.7. The largest absolute Gasteiger partial charge is 0.342 e. The minimum absolute atomic E-state index is 0. The van der Waals surface area contributed by atoms with Gasteiger partial charge >= 0.3 is 0 Å². The molecule has 3 heteroatoms. The van der Waals surface area contributed by atoms with Gasteiger partial charge in [0.25, 0.3) is 0 Å². The first-order valence-electron chi connectivity index (χ1n) is 7.39. The molecular formula is C18H23O2Y-. The molecule has 1 aliphatic carbocycles. The fourth-order valence-corrected chi connectivity index (χ4v) is 3.05. The van der Waals surface area contributed by atoms with E-state index in [0.717, 1.165) is 23.1 Å². The number of hydrogen-bond donors (Lipinski definition) is 0. The minimum Gasteiger partial charge on any atom is -0.342 e. The van der Waals surface area contributed by atoms with Crippen LogP contribution >= 0.6 is 0 Å². The van der Waals surface area contributed by atoms with Gasteiger partial charge in [-0.2, -0.15) is 6.42 Å². The fraction of sp³-hybridized carbons (Fsp3) is 0.500. The van der Waals surface area contributed by atoms with Crippen LogP contribution in [-0.2, 0) is 43.9 Å². The van der Waals surface area contributed by atoms with Crippen LogP contribution in [-0.4, -0.2) is 11.6 Å². The summed E-state index contributed by atoms with van der Waals surface area (Å²) in [7, 11) is 0. The van der Waals surface area contributed by atoms with Crippen molar-refractivity contribution in [3.8, 4) is 0 Å². The third-order valence-electron chi connectivity index (χ3n) is 4.73. The van der Waals surface area contributed by atoms with Gasteiger partial charge in [0.05, 0.1) is 0 Å². The van der Waals surface area contributed by atoms with Crippen LogP contribution in [0.25, 0.3) is 0 Å². The maximum absolute atomic E-state index is 12.8. The zero-order chi connectivity index (χ0) is 14.9. The van der Waals surface area contributed by atoms with Gasteiger partial charge in [0.2, 0.25) is 0 Å². The van der Waals surface area contributed by atoms with Crippen molar-refractivity contribution >= 4 is 11.6 Å². The van der Waals surface area contributed by atoms with Gasteiger partial charge in [0.1, 0.15) is 5.78 Å². The summed E-state index contributed by atoms with van der Waals surface area (Å²) in [6, 6.07) is 4.13. The number of hydrogen-bond acceptors (Lipinski definition) is 2. The molecule has 2 nitrogen and oxygen atoms in total. The normalized spacial score (nSPS) is 20.1. The van der Waals surface area contributed by atoms with Gasteiger partial charge < -0.3 is 6.92 Å². The zero-order valence-corrected chi connectivity index (χ0v) is 16.1. The second kappa shape index (κ2) is 7.28. The van der Waals surface area contributed by atoms with Gasteiger partial charge in [-0.15, -0.1) is 0 Å². The van der Waals surface area contributed by atoms with Gasteiger partial charge in [0.15, 0.2) is 5.78 Å². The molecule has 1 aromatic rings. The average Bonchev–Trinajstić information content (AvgIpc) is 2.70. The molecule has 0 aromatic heterocycles. The topological polar surface area (TPSA) is 34.1 Å². The van der Waals surface area contributed by atoms with Crippen molar-refractivity contribution in [3.63, 3.8) is 0 Å². The summed E-state index contributed by atoms with van der Waals surface area (Å²) >= 11 is 0. The molecule has 0 amide bonds. The summed E-state index contributed by atoms with van der Waals surface area (Å²) < 4.78 is 0. The van der Waals surface area contributed by atoms with E-state index in [0.29, 0.717) is 25.7 Å². The molecule has 1 atom stereocenters. The van der Waals surface area contributed by atoms with Crippen molar-refractivity contribution in [1.82, 2.24) is 0 Å². The van der Waals surface area contributed by atoms with Crippen LogP contribution in [0.1, 0.15) is 59.7 Å². The zero-order valence-electron chi connectivity index (χ0n) is 13.3. The van der Waals surface area contributed by atoms with E-state index in [-0.39, 0.29) is 44.3 Å². The molecule has 0 spiro atoms. The molecular weight excluding hydrogens is 337 g/mol. The van der Waals surface area contributed by atoms with Gasteiger partial charge in [-0.25, -0.2) is 0 Å². The number of fused-ring (bicyclic) bond motifs is 1. The van der Waals surface area contributed by atoms with Crippen LogP contribution in [0, 0.1) is 26.2 Å². The molecule has 0 N–H and O–H groups in total. The molecule has 0 fully saturated rings.